The molecule has 4 N–H and O–H groups in total. The lowest BCUT2D eigenvalue weighted by Gasteiger charge is -2.16. The van der Waals surface area contributed by atoms with E-state index in [1.165, 1.54) is 5.48 Å². The Kier molecular flexibility index (Phi) is 5.43. The lowest BCUT2D eigenvalue weighted by Crippen LogP contribution is -2.88. The third kappa shape index (κ3) is 4.10. The molecule has 0 saturated carbocycles. The molecular weight excluding hydrogens is 383 g/mol. The molecule has 0 aliphatic heterocycles. The highest BCUT2D eigenvalue weighted by Crippen LogP contribution is 2.13. The van der Waals surface area contributed by atoms with Crippen LogP contribution in [0, 0.1) is 9.74 Å². The van der Waals surface area contributed by atoms with Crippen LogP contribution in [0.15, 0.2) is 48.5 Å². The zero-order valence-electron chi connectivity index (χ0n) is 11.4. The van der Waals surface area contributed by atoms with Crippen LogP contribution < -0.4 is 16.0 Å². The van der Waals surface area contributed by atoms with Gasteiger partial charge in [-0.15, -0.1) is 5.56 Å². The van der Waals surface area contributed by atoms with Gasteiger partial charge in [-0.25, -0.2) is 4.79 Å². The van der Waals surface area contributed by atoms with Crippen molar-refractivity contribution in [1.29, 1.82) is 0 Å². The Morgan fingerprint density at radius 1 is 1.19 bits per heavy atom. The predicted molar refractivity (Wildman–Crippen MR) is 86.0 cm³/mol. The average molecular weight is 398 g/mol. The number of quaternary nitrogens is 1. The molecule has 0 aliphatic rings. The number of hydrogen-bond donors (Lipinski definition) is 2. The molecule has 0 aromatic heterocycles. The third-order valence-corrected chi connectivity index (χ3v) is 3.75. The molecule has 0 unspecified atom stereocenters. The van der Waals surface area contributed by atoms with Crippen LogP contribution in [0.4, 0.5) is 0 Å². The fourth-order valence-corrected chi connectivity index (χ4v) is 2.27. The van der Waals surface area contributed by atoms with E-state index in [9.17, 15) is 4.79 Å². The number of hydroxylamine groups is 1. The smallest absolute Gasteiger partial charge is 0.397 e. The molecule has 0 aliphatic carbocycles. The van der Waals surface area contributed by atoms with Crippen LogP contribution in [0.1, 0.15) is 15.9 Å². The van der Waals surface area contributed by atoms with Gasteiger partial charge < -0.3 is 10.5 Å². The van der Waals surface area contributed by atoms with Gasteiger partial charge in [0.25, 0.3) is 0 Å². The van der Waals surface area contributed by atoms with Gasteiger partial charge in [0.2, 0.25) is 0 Å². The first-order valence-corrected chi connectivity index (χ1v) is 7.25. The highest BCUT2D eigenvalue weighted by atomic mass is 127. The first-order chi connectivity index (χ1) is 10.1. The molecule has 6 heteroatoms. The van der Waals surface area contributed by atoms with Crippen LogP contribution in [0.25, 0.3) is 0 Å². The van der Waals surface area contributed by atoms with E-state index in [0.717, 1.165) is 14.9 Å². The monoisotopic (exact) mass is 398 g/mol. The lowest BCUT2D eigenvalue weighted by molar-refractivity contribution is -0.855. The minimum absolute atomic E-state index is 0.372. The number of benzene rings is 2. The summed E-state index contributed by atoms with van der Waals surface area (Å²) in [7, 11) is 1.59. The first kappa shape index (κ1) is 15.6. The molecule has 0 heterocycles. The van der Waals surface area contributed by atoms with Gasteiger partial charge in [0, 0.05) is 3.57 Å². The van der Waals surface area contributed by atoms with Crippen molar-refractivity contribution in [3.05, 3.63) is 69.4 Å². The maximum atomic E-state index is 12.0. The normalized spacial score (nSPS) is 10.0. The van der Waals surface area contributed by atoms with Crippen molar-refractivity contribution < 1.29 is 19.8 Å². The van der Waals surface area contributed by atoms with Gasteiger partial charge in [-0.1, -0.05) is 24.3 Å². The van der Waals surface area contributed by atoms with Crippen molar-refractivity contribution in [1.82, 2.24) is 0 Å². The van der Waals surface area contributed by atoms with Crippen molar-refractivity contribution in [2.24, 2.45) is 5.73 Å². The summed E-state index contributed by atoms with van der Waals surface area (Å²) in [5.41, 5.74) is 8.42. The number of carbonyl (C=O) groups is 1. The summed E-state index contributed by atoms with van der Waals surface area (Å²) >= 11 is 2.09. The summed E-state index contributed by atoms with van der Waals surface area (Å²) in [5, 5.41) is 0. The average Bonchev–Trinajstić information content (AvgIpc) is 2.52. The topological polar surface area (TPSA) is 78.2 Å². The van der Waals surface area contributed by atoms with Gasteiger partial charge in [0.1, 0.15) is 6.17 Å². The second-order valence-electron chi connectivity index (χ2n) is 4.19. The summed E-state index contributed by atoms with van der Waals surface area (Å²) in [6.45, 7) is 0. The molecule has 2 rings (SSSR count). The number of halogens is 1. The largest absolute Gasteiger partial charge is 0.499 e. The zero-order chi connectivity index (χ0) is 15.2. The lowest BCUT2D eigenvalue weighted by atomic mass is 10.2. The number of methoxy groups -OCH3 is 1. The van der Waals surface area contributed by atoms with E-state index in [4.69, 9.17) is 15.3 Å². The second kappa shape index (κ2) is 7.30. The number of carbonyl (C=O) groups excluding carboxylic acids is 1. The van der Waals surface area contributed by atoms with Gasteiger partial charge >= 0.3 is 5.97 Å². The second-order valence-corrected chi connectivity index (χ2v) is 5.35. The Morgan fingerprint density at radius 3 is 2.48 bits per heavy atom. The summed E-state index contributed by atoms with van der Waals surface area (Å²) in [4.78, 5) is 17.1. The van der Waals surface area contributed by atoms with Crippen LogP contribution in [-0.2, 0) is 4.84 Å². The Morgan fingerprint density at radius 2 is 1.86 bits per heavy atom. The SMILES string of the molecule is COc1ccc([C-](N)[NH2+]OC(=O)c2ccccc2I)cc1. The molecule has 0 atom stereocenters. The highest BCUT2D eigenvalue weighted by Gasteiger charge is 2.14. The molecule has 0 amide bonds. The van der Waals surface area contributed by atoms with Crippen LogP contribution in [0.3, 0.4) is 0 Å². The molecule has 2 aromatic carbocycles. The number of nitrogens with two attached hydrogens (primary N) is 2. The van der Waals surface area contributed by atoms with Crippen LogP contribution in [0.2, 0.25) is 0 Å². The van der Waals surface area contributed by atoms with Crippen molar-refractivity contribution >= 4 is 28.6 Å². The standard InChI is InChI=1S/C15H15IN2O3/c1-20-11-8-6-10(7-9-11)14(17)18-21-15(19)12-4-2-3-5-13(12)16/h2-9H,17-18H2,1H3. The van der Waals surface area contributed by atoms with Crippen LogP contribution >= 0.6 is 22.6 Å². The summed E-state index contributed by atoms with van der Waals surface area (Å²) in [5.74, 6) is 0.304. The molecule has 0 spiro atoms. The minimum Gasteiger partial charge on any atom is -0.499 e. The fraction of sp³-hybridized carbons (Fsp3) is 0.0667. The van der Waals surface area contributed by atoms with Crippen LogP contribution in [-0.4, -0.2) is 13.1 Å². The Bertz CT molecular complexity index is 617. The minimum atomic E-state index is -0.434. The van der Waals surface area contributed by atoms with Gasteiger partial charge in [0.05, 0.1) is 18.4 Å². The quantitative estimate of drug-likeness (QED) is 0.454. The Labute approximate surface area is 136 Å². The van der Waals surface area contributed by atoms with Gasteiger partial charge in [-0.2, -0.15) is 17.6 Å². The van der Waals surface area contributed by atoms with Gasteiger partial charge in [-0.05, 0) is 34.7 Å². The van der Waals surface area contributed by atoms with E-state index >= 15 is 0 Å². The molecule has 110 valence electrons. The molecule has 0 bridgehead atoms. The molecule has 0 fully saturated rings. The maximum absolute atomic E-state index is 12.0. The summed E-state index contributed by atoms with van der Waals surface area (Å²) in [6.07, 6.45) is 0.372. The van der Waals surface area contributed by atoms with Crippen LogP contribution in [0.5, 0.6) is 5.75 Å². The van der Waals surface area contributed by atoms with Crippen molar-refractivity contribution in [3.8, 4) is 5.75 Å². The van der Waals surface area contributed by atoms with E-state index in [1.807, 2.05) is 12.1 Å². The van der Waals surface area contributed by atoms with Gasteiger partial charge in [0.15, 0.2) is 0 Å². The summed E-state index contributed by atoms with van der Waals surface area (Å²) in [6, 6.07) is 14.4. The highest BCUT2D eigenvalue weighted by molar-refractivity contribution is 14.1. The number of rotatable bonds is 5. The fourth-order valence-electron chi connectivity index (χ4n) is 1.66. The van der Waals surface area contributed by atoms with Crippen molar-refractivity contribution in [3.63, 3.8) is 0 Å². The number of hydrogen-bond acceptors (Lipinski definition) is 4. The third-order valence-electron chi connectivity index (χ3n) is 2.81. The first-order valence-electron chi connectivity index (χ1n) is 6.17. The Balaban J connectivity index is 1.95. The maximum Gasteiger partial charge on any atom is 0.397 e. The molecule has 0 saturated heterocycles. The number of ether oxygens (including phenoxy) is 1. The molecule has 2 aromatic rings. The Hall–Kier alpha value is -1.77. The molecule has 21 heavy (non-hydrogen) atoms. The van der Waals surface area contributed by atoms with Gasteiger partial charge in [-0.3, -0.25) is 4.84 Å². The molecule has 5 nitrogen and oxygen atoms in total. The molecular formula is C15H15IN2O3. The zero-order valence-corrected chi connectivity index (χ0v) is 13.5. The molecule has 0 radical (unpaired) electrons. The van der Waals surface area contributed by atoms with Crippen molar-refractivity contribution in [2.45, 2.75) is 0 Å². The van der Waals surface area contributed by atoms with E-state index in [1.54, 1.807) is 43.5 Å². The van der Waals surface area contributed by atoms with E-state index in [0.29, 0.717) is 11.7 Å². The van der Waals surface area contributed by atoms with E-state index in [2.05, 4.69) is 22.6 Å². The summed E-state index contributed by atoms with van der Waals surface area (Å²) < 4.78 is 5.90. The van der Waals surface area contributed by atoms with Crippen molar-refractivity contribution in [2.75, 3.05) is 7.11 Å². The van der Waals surface area contributed by atoms with E-state index < -0.39 is 5.97 Å². The predicted octanol–water partition coefficient (Wildman–Crippen LogP) is 1.43. The van der Waals surface area contributed by atoms with E-state index in [-0.39, 0.29) is 0 Å².